The number of aryl methyl sites for hydroxylation is 1. The second-order valence-electron chi connectivity index (χ2n) is 2.09. The third-order valence-corrected chi connectivity index (χ3v) is 1.35. The molecule has 50 valence electrons. The molecule has 2 radical (unpaired) electrons. The molecule has 1 aromatic heterocycles. The van der Waals surface area contributed by atoms with Gasteiger partial charge in [0.2, 0.25) is 5.56 Å². The Balaban J connectivity index is 3.22. The van der Waals surface area contributed by atoms with Gasteiger partial charge in [0.05, 0.1) is 0 Å². The molecular formula is C7H8BNO. The van der Waals surface area contributed by atoms with Crippen LogP contribution in [0.5, 0.6) is 0 Å². The second kappa shape index (κ2) is 2.73. The van der Waals surface area contributed by atoms with Gasteiger partial charge in [0.25, 0.3) is 0 Å². The SMILES string of the molecule is [B]c1ccc(=O)n(CC)c1. The Hall–Kier alpha value is -0.985. The Morgan fingerprint density at radius 3 is 2.80 bits per heavy atom. The highest BCUT2D eigenvalue weighted by Crippen LogP contribution is 1.75. The minimum Gasteiger partial charge on any atom is -0.316 e. The molecule has 0 N–H and O–H groups in total. The Morgan fingerprint density at radius 1 is 1.60 bits per heavy atom. The Bertz CT molecular complexity index is 279. The first-order chi connectivity index (χ1) is 4.74. The van der Waals surface area contributed by atoms with Gasteiger partial charge in [-0.15, -0.1) is 0 Å². The van der Waals surface area contributed by atoms with Gasteiger partial charge in [0.1, 0.15) is 7.85 Å². The van der Waals surface area contributed by atoms with Gasteiger partial charge in [0, 0.05) is 12.6 Å². The van der Waals surface area contributed by atoms with Crippen LogP contribution in [0.25, 0.3) is 0 Å². The summed E-state index contributed by atoms with van der Waals surface area (Å²) in [6.45, 7) is 2.57. The van der Waals surface area contributed by atoms with Crippen LogP contribution in [0.1, 0.15) is 6.92 Å². The highest BCUT2D eigenvalue weighted by Gasteiger charge is 1.89. The molecule has 0 aromatic carbocycles. The number of hydrogen-bond donors (Lipinski definition) is 0. The predicted octanol–water partition coefficient (Wildman–Crippen LogP) is -0.338. The lowest BCUT2D eigenvalue weighted by Crippen LogP contribution is -2.22. The van der Waals surface area contributed by atoms with Crippen molar-refractivity contribution in [1.29, 1.82) is 0 Å². The molecule has 0 bridgehead atoms. The molecule has 3 heteroatoms. The maximum Gasteiger partial charge on any atom is 0.250 e. The van der Waals surface area contributed by atoms with E-state index in [9.17, 15) is 4.79 Å². The van der Waals surface area contributed by atoms with Gasteiger partial charge in [0.15, 0.2) is 0 Å². The Kier molecular flexibility index (Phi) is 1.95. The first-order valence-electron chi connectivity index (χ1n) is 3.20. The molecule has 0 saturated carbocycles. The molecule has 0 aliphatic heterocycles. The molecule has 10 heavy (non-hydrogen) atoms. The quantitative estimate of drug-likeness (QED) is 0.480. The van der Waals surface area contributed by atoms with Crippen molar-refractivity contribution in [1.82, 2.24) is 4.57 Å². The van der Waals surface area contributed by atoms with Crippen molar-refractivity contribution >= 4 is 13.3 Å². The van der Waals surface area contributed by atoms with Crippen LogP contribution in [-0.4, -0.2) is 12.4 Å². The highest BCUT2D eigenvalue weighted by atomic mass is 16.1. The smallest absolute Gasteiger partial charge is 0.250 e. The summed E-state index contributed by atoms with van der Waals surface area (Å²) in [5.41, 5.74) is 0.623. The number of rotatable bonds is 1. The van der Waals surface area contributed by atoms with Crippen molar-refractivity contribution in [2.75, 3.05) is 0 Å². The molecule has 0 spiro atoms. The number of hydrogen-bond acceptors (Lipinski definition) is 1. The van der Waals surface area contributed by atoms with Crippen LogP contribution >= 0.6 is 0 Å². The van der Waals surface area contributed by atoms with E-state index < -0.39 is 0 Å². The second-order valence-corrected chi connectivity index (χ2v) is 2.09. The molecule has 2 nitrogen and oxygen atoms in total. The van der Waals surface area contributed by atoms with Crippen LogP contribution in [0.2, 0.25) is 0 Å². The third-order valence-electron chi connectivity index (χ3n) is 1.35. The maximum absolute atomic E-state index is 10.9. The van der Waals surface area contributed by atoms with Gasteiger partial charge in [-0.1, -0.05) is 11.5 Å². The fourth-order valence-corrected chi connectivity index (χ4v) is 0.797. The molecule has 0 aliphatic rings. The number of pyridine rings is 1. The molecule has 0 aliphatic carbocycles. The largest absolute Gasteiger partial charge is 0.316 e. The summed E-state index contributed by atoms with van der Waals surface area (Å²) in [4.78, 5) is 10.9. The van der Waals surface area contributed by atoms with E-state index in [1.54, 1.807) is 16.8 Å². The summed E-state index contributed by atoms with van der Waals surface area (Å²) >= 11 is 0. The maximum atomic E-state index is 10.9. The molecule has 0 fully saturated rings. The zero-order chi connectivity index (χ0) is 7.56. The van der Waals surface area contributed by atoms with Crippen molar-refractivity contribution in [3.05, 3.63) is 28.7 Å². The molecule has 0 atom stereocenters. The summed E-state index contributed by atoms with van der Waals surface area (Å²) in [5.74, 6) is 0. The van der Waals surface area contributed by atoms with Crippen LogP contribution < -0.4 is 11.0 Å². The molecule has 1 rings (SSSR count). The van der Waals surface area contributed by atoms with E-state index >= 15 is 0 Å². The van der Waals surface area contributed by atoms with E-state index in [0.29, 0.717) is 12.0 Å². The summed E-state index contributed by atoms with van der Waals surface area (Å²) < 4.78 is 1.56. The summed E-state index contributed by atoms with van der Waals surface area (Å²) in [7, 11) is 5.44. The Morgan fingerprint density at radius 2 is 2.30 bits per heavy atom. The monoisotopic (exact) mass is 133 g/mol. The number of aromatic nitrogens is 1. The topological polar surface area (TPSA) is 22.0 Å². The minimum absolute atomic E-state index is 0.00306. The highest BCUT2D eigenvalue weighted by molar-refractivity contribution is 6.32. The van der Waals surface area contributed by atoms with E-state index in [4.69, 9.17) is 7.85 Å². The van der Waals surface area contributed by atoms with Gasteiger partial charge in [-0.2, -0.15) is 0 Å². The standard InChI is InChI=1S/C7H8BNO/c1-2-9-5-6(8)3-4-7(9)10/h3-5H,2H2,1H3. The lowest BCUT2D eigenvalue weighted by molar-refractivity contribution is 0.730. The zero-order valence-corrected chi connectivity index (χ0v) is 5.87. The first-order valence-corrected chi connectivity index (χ1v) is 3.20. The number of nitrogens with zero attached hydrogens (tertiary/aromatic N) is 1. The van der Waals surface area contributed by atoms with E-state index in [1.807, 2.05) is 6.92 Å². The van der Waals surface area contributed by atoms with Gasteiger partial charge >= 0.3 is 0 Å². The van der Waals surface area contributed by atoms with Crippen LogP contribution in [0.3, 0.4) is 0 Å². The van der Waals surface area contributed by atoms with Gasteiger partial charge in [-0.25, -0.2) is 0 Å². The van der Waals surface area contributed by atoms with Crippen LogP contribution in [0.15, 0.2) is 23.1 Å². The van der Waals surface area contributed by atoms with E-state index in [1.165, 1.54) is 6.07 Å². The van der Waals surface area contributed by atoms with Gasteiger partial charge in [-0.3, -0.25) is 4.79 Å². The van der Waals surface area contributed by atoms with Crippen LogP contribution in [0.4, 0.5) is 0 Å². The molecular weight excluding hydrogens is 125 g/mol. The molecule has 0 amide bonds. The van der Waals surface area contributed by atoms with Crippen molar-refractivity contribution in [3.63, 3.8) is 0 Å². The molecule has 0 unspecified atom stereocenters. The first kappa shape index (κ1) is 7.13. The normalized spacial score (nSPS) is 9.70. The van der Waals surface area contributed by atoms with E-state index in [0.717, 1.165) is 0 Å². The fraction of sp³-hybridized carbons (Fsp3) is 0.286. The predicted molar refractivity (Wildman–Crippen MR) is 41.8 cm³/mol. The summed E-state index contributed by atoms with van der Waals surface area (Å²) in [6, 6.07) is 3.08. The molecule has 0 saturated heterocycles. The van der Waals surface area contributed by atoms with E-state index in [-0.39, 0.29) is 5.56 Å². The fourth-order valence-electron chi connectivity index (χ4n) is 0.797. The lowest BCUT2D eigenvalue weighted by atomic mass is 9.99. The van der Waals surface area contributed by atoms with Crippen molar-refractivity contribution < 1.29 is 0 Å². The average molecular weight is 133 g/mol. The summed E-state index contributed by atoms with van der Waals surface area (Å²) in [6.07, 6.45) is 1.64. The van der Waals surface area contributed by atoms with Crippen LogP contribution in [-0.2, 0) is 6.54 Å². The van der Waals surface area contributed by atoms with Gasteiger partial charge in [-0.05, 0) is 13.1 Å². The van der Waals surface area contributed by atoms with Crippen molar-refractivity contribution in [3.8, 4) is 0 Å². The molecule has 1 aromatic rings. The van der Waals surface area contributed by atoms with E-state index in [2.05, 4.69) is 0 Å². The van der Waals surface area contributed by atoms with Crippen LogP contribution in [0, 0.1) is 0 Å². The third kappa shape index (κ3) is 1.29. The summed E-state index contributed by atoms with van der Waals surface area (Å²) in [5, 5.41) is 0. The van der Waals surface area contributed by atoms with Crippen molar-refractivity contribution in [2.24, 2.45) is 0 Å². The minimum atomic E-state index is -0.00306. The average Bonchev–Trinajstić information content (AvgIpc) is 1.94. The van der Waals surface area contributed by atoms with Gasteiger partial charge < -0.3 is 4.57 Å². The zero-order valence-electron chi connectivity index (χ0n) is 5.87. The Labute approximate surface area is 60.9 Å². The van der Waals surface area contributed by atoms with Crippen molar-refractivity contribution in [2.45, 2.75) is 13.5 Å². The lowest BCUT2D eigenvalue weighted by Gasteiger charge is -2.00. The molecule has 1 heterocycles.